The first kappa shape index (κ1) is 8.92. The second kappa shape index (κ2) is 3.48. The van der Waals surface area contributed by atoms with Gasteiger partial charge in [0.1, 0.15) is 5.69 Å². The summed E-state index contributed by atoms with van der Waals surface area (Å²) in [6, 6.07) is 3.88. The van der Waals surface area contributed by atoms with Crippen molar-refractivity contribution in [2.75, 3.05) is 5.43 Å². The zero-order chi connectivity index (χ0) is 9.14. The summed E-state index contributed by atoms with van der Waals surface area (Å²) in [5.74, 6) is -0.658. The highest BCUT2D eigenvalue weighted by Crippen LogP contribution is 2.19. The van der Waals surface area contributed by atoms with Crippen LogP contribution in [0, 0.1) is 15.9 Å². The molecule has 4 nitrogen and oxygen atoms in total. The molecule has 1 N–H and O–H groups in total. The Morgan fingerprint density at radius 3 is 2.83 bits per heavy atom. The molecule has 0 heterocycles. The molecule has 0 saturated carbocycles. The van der Waals surface area contributed by atoms with Crippen LogP contribution in [-0.4, -0.2) is 5.03 Å². The Hall–Kier alpha value is -1.17. The number of hydrazine groups is 1. The van der Waals surface area contributed by atoms with E-state index >= 15 is 0 Å². The van der Waals surface area contributed by atoms with Crippen LogP contribution in [0.1, 0.15) is 0 Å². The van der Waals surface area contributed by atoms with Crippen LogP contribution in [0.25, 0.3) is 0 Å². The molecule has 0 aliphatic carbocycles. The van der Waals surface area contributed by atoms with Crippen LogP contribution < -0.4 is 5.43 Å². The average molecular weight is 235 g/mol. The molecule has 1 rings (SSSR count). The van der Waals surface area contributed by atoms with E-state index in [1.54, 1.807) is 5.43 Å². The van der Waals surface area contributed by atoms with Crippen molar-refractivity contribution in [2.45, 2.75) is 0 Å². The maximum absolute atomic E-state index is 12.7. The third-order valence-corrected chi connectivity index (χ3v) is 1.63. The third-order valence-electron chi connectivity index (χ3n) is 1.14. The van der Waals surface area contributed by atoms with Crippen LogP contribution in [0.2, 0.25) is 0 Å². The molecular weight excluding hydrogens is 231 g/mol. The van der Waals surface area contributed by atoms with Gasteiger partial charge in [0, 0.05) is 4.47 Å². The minimum absolute atomic E-state index is 0.158. The molecule has 0 unspecified atom stereocenters. The first-order chi connectivity index (χ1) is 5.59. The standard InChI is InChI=1S/C6H4BrFN2O2/c7-4-1-2-5(8)6(3-4)9-10(11)12/h1-3,9H. The van der Waals surface area contributed by atoms with E-state index < -0.39 is 10.8 Å². The molecule has 0 aromatic heterocycles. The maximum atomic E-state index is 12.7. The second-order valence-electron chi connectivity index (χ2n) is 1.99. The summed E-state index contributed by atoms with van der Waals surface area (Å²) in [4.78, 5) is 9.94. The smallest absolute Gasteiger partial charge is 0.162 e. The van der Waals surface area contributed by atoms with Gasteiger partial charge < -0.3 is 0 Å². The van der Waals surface area contributed by atoms with Crippen molar-refractivity contribution in [3.05, 3.63) is 38.6 Å². The van der Waals surface area contributed by atoms with Gasteiger partial charge in [0.05, 0.1) is 0 Å². The number of anilines is 1. The van der Waals surface area contributed by atoms with E-state index in [1.807, 2.05) is 0 Å². The number of nitrogens with one attached hydrogen (secondary N) is 1. The highest BCUT2D eigenvalue weighted by atomic mass is 79.9. The summed E-state index contributed by atoms with van der Waals surface area (Å²) in [6.07, 6.45) is 0. The molecule has 1 aromatic carbocycles. The van der Waals surface area contributed by atoms with Gasteiger partial charge in [-0.2, -0.15) is 0 Å². The van der Waals surface area contributed by atoms with Crippen molar-refractivity contribution in [3.63, 3.8) is 0 Å². The van der Waals surface area contributed by atoms with Crippen molar-refractivity contribution < 1.29 is 9.42 Å². The Morgan fingerprint density at radius 1 is 1.58 bits per heavy atom. The van der Waals surface area contributed by atoms with Crippen LogP contribution in [0.3, 0.4) is 0 Å². The molecule has 12 heavy (non-hydrogen) atoms. The first-order valence-electron chi connectivity index (χ1n) is 2.95. The van der Waals surface area contributed by atoms with Gasteiger partial charge in [-0.3, -0.25) is 0 Å². The highest BCUT2D eigenvalue weighted by Gasteiger charge is 2.06. The SMILES string of the molecule is O=[N+]([O-])Nc1cc(Br)ccc1F. The molecule has 64 valence electrons. The van der Waals surface area contributed by atoms with E-state index in [9.17, 15) is 14.5 Å². The Morgan fingerprint density at radius 2 is 2.25 bits per heavy atom. The van der Waals surface area contributed by atoms with E-state index in [4.69, 9.17) is 0 Å². The molecule has 0 radical (unpaired) electrons. The fourth-order valence-electron chi connectivity index (χ4n) is 0.682. The average Bonchev–Trinajstić information content (AvgIpc) is 1.96. The minimum atomic E-state index is -0.815. The molecule has 1 aromatic rings. The van der Waals surface area contributed by atoms with Crippen LogP contribution in [0.4, 0.5) is 10.1 Å². The van der Waals surface area contributed by atoms with E-state index in [0.29, 0.717) is 4.47 Å². The van der Waals surface area contributed by atoms with Gasteiger partial charge in [-0.1, -0.05) is 15.9 Å². The van der Waals surface area contributed by atoms with Gasteiger partial charge in [-0.15, -0.1) is 5.43 Å². The lowest BCUT2D eigenvalue weighted by molar-refractivity contribution is -0.445. The molecule has 0 spiro atoms. The van der Waals surface area contributed by atoms with Crippen molar-refractivity contribution in [3.8, 4) is 0 Å². The van der Waals surface area contributed by atoms with Crippen molar-refractivity contribution in [2.24, 2.45) is 0 Å². The lowest BCUT2D eigenvalue weighted by atomic mass is 10.3. The molecule has 0 atom stereocenters. The van der Waals surface area contributed by atoms with Crippen molar-refractivity contribution >= 4 is 21.6 Å². The van der Waals surface area contributed by atoms with Crippen LogP contribution in [0.15, 0.2) is 22.7 Å². The minimum Gasteiger partial charge on any atom is -0.235 e. The van der Waals surface area contributed by atoms with Gasteiger partial charge in [0.15, 0.2) is 10.8 Å². The molecule has 0 aliphatic rings. The normalized spacial score (nSPS) is 9.50. The van der Waals surface area contributed by atoms with E-state index in [-0.39, 0.29) is 5.69 Å². The van der Waals surface area contributed by atoms with E-state index in [2.05, 4.69) is 15.9 Å². The van der Waals surface area contributed by atoms with Crippen LogP contribution in [0.5, 0.6) is 0 Å². The van der Waals surface area contributed by atoms with Gasteiger partial charge in [-0.05, 0) is 18.2 Å². The highest BCUT2D eigenvalue weighted by molar-refractivity contribution is 9.10. The molecule has 6 heteroatoms. The molecule has 0 fully saturated rings. The number of nitro groups is 1. The molecule has 0 amide bonds. The summed E-state index contributed by atoms with van der Waals surface area (Å²) in [7, 11) is 0. The van der Waals surface area contributed by atoms with Crippen LogP contribution >= 0.6 is 15.9 Å². The summed E-state index contributed by atoms with van der Waals surface area (Å²) in [5, 5.41) is 9.13. The largest absolute Gasteiger partial charge is 0.235 e. The Labute approximate surface area is 75.6 Å². The number of halogens is 2. The summed E-state index contributed by atoms with van der Waals surface area (Å²) < 4.78 is 13.3. The quantitative estimate of drug-likeness (QED) is 0.631. The van der Waals surface area contributed by atoms with Gasteiger partial charge in [0.25, 0.3) is 0 Å². The fraction of sp³-hybridized carbons (Fsp3) is 0. The molecule has 0 bridgehead atoms. The monoisotopic (exact) mass is 234 g/mol. The Balaban J connectivity index is 2.97. The van der Waals surface area contributed by atoms with Crippen molar-refractivity contribution in [1.29, 1.82) is 0 Å². The number of hydrogen-bond acceptors (Lipinski definition) is 2. The molecule has 0 saturated heterocycles. The lowest BCUT2D eigenvalue weighted by Gasteiger charge is -1.98. The predicted molar refractivity (Wildman–Crippen MR) is 44.7 cm³/mol. The number of nitrogens with zero attached hydrogens (tertiary/aromatic N) is 1. The van der Waals surface area contributed by atoms with E-state index in [0.717, 1.165) is 6.07 Å². The lowest BCUT2D eigenvalue weighted by Crippen LogP contribution is -2.09. The number of rotatable bonds is 2. The first-order valence-corrected chi connectivity index (χ1v) is 3.75. The summed E-state index contributed by atoms with van der Waals surface area (Å²) in [6.45, 7) is 0. The van der Waals surface area contributed by atoms with E-state index in [1.165, 1.54) is 12.1 Å². The number of hydrogen-bond donors (Lipinski definition) is 1. The van der Waals surface area contributed by atoms with Gasteiger partial charge >= 0.3 is 0 Å². The summed E-state index contributed by atoms with van der Waals surface area (Å²) in [5.41, 5.74) is 1.57. The second-order valence-corrected chi connectivity index (χ2v) is 2.91. The van der Waals surface area contributed by atoms with Gasteiger partial charge in [0.2, 0.25) is 0 Å². The number of benzene rings is 1. The Bertz CT molecular complexity index is 318. The zero-order valence-corrected chi connectivity index (χ0v) is 7.34. The third kappa shape index (κ3) is 2.16. The van der Waals surface area contributed by atoms with Crippen molar-refractivity contribution in [1.82, 2.24) is 0 Å². The Kier molecular flexibility index (Phi) is 2.59. The zero-order valence-electron chi connectivity index (χ0n) is 5.75. The fourth-order valence-corrected chi connectivity index (χ4v) is 1.04. The van der Waals surface area contributed by atoms with Gasteiger partial charge in [-0.25, -0.2) is 14.5 Å². The molecule has 0 aliphatic heterocycles. The maximum Gasteiger partial charge on any atom is 0.162 e. The summed E-state index contributed by atoms with van der Waals surface area (Å²) >= 11 is 3.06. The molecular formula is C6H4BrFN2O2. The predicted octanol–water partition coefficient (Wildman–Crippen LogP) is 2.19. The topological polar surface area (TPSA) is 55.2 Å². The van der Waals surface area contributed by atoms with Crippen LogP contribution in [-0.2, 0) is 0 Å².